The van der Waals surface area contributed by atoms with Crippen molar-refractivity contribution < 1.29 is 36.3 Å². The maximum absolute atomic E-state index is 12.6. The average molecular weight is 428 g/mol. The molecule has 0 bridgehead atoms. The molecule has 0 aromatic heterocycles. The lowest BCUT2D eigenvalue weighted by Crippen LogP contribution is -2.59. The van der Waals surface area contributed by atoms with Gasteiger partial charge in [0.05, 0.1) is 0 Å². The summed E-state index contributed by atoms with van der Waals surface area (Å²) in [5.74, 6) is -3.30. The Kier molecular flexibility index (Phi) is 7.33. The Morgan fingerprint density at radius 3 is 2.38 bits per heavy atom. The van der Waals surface area contributed by atoms with E-state index >= 15 is 0 Å². The Bertz CT molecular complexity index is 856. The first-order chi connectivity index (χ1) is 13.6. The quantitative estimate of drug-likeness (QED) is 0.465. The van der Waals surface area contributed by atoms with E-state index in [9.17, 15) is 27.9 Å². The van der Waals surface area contributed by atoms with E-state index in [0.29, 0.717) is 18.9 Å². The average Bonchev–Trinajstić information content (AvgIpc) is 2.98. The van der Waals surface area contributed by atoms with Crippen LogP contribution in [0.2, 0.25) is 0 Å². The number of benzene rings is 1. The molecule has 0 saturated carbocycles. The van der Waals surface area contributed by atoms with Crippen LogP contribution in [0.1, 0.15) is 25.8 Å². The number of rotatable bonds is 9. The molecule has 1 unspecified atom stereocenters. The zero-order chi connectivity index (χ0) is 21.7. The summed E-state index contributed by atoms with van der Waals surface area (Å²) in [6.45, 7) is 3.33. The van der Waals surface area contributed by atoms with Crippen molar-refractivity contribution in [2.75, 3.05) is 13.2 Å². The zero-order valence-electron chi connectivity index (χ0n) is 16.1. The van der Waals surface area contributed by atoms with Gasteiger partial charge in [-0.25, -0.2) is 13.2 Å². The van der Waals surface area contributed by atoms with Crippen LogP contribution >= 0.6 is 0 Å². The van der Waals surface area contributed by atoms with Crippen molar-refractivity contribution in [2.45, 2.75) is 38.3 Å². The fourth-order valence-corrected chi connectivity index (χ4v) is 3.52. The maximum atomic E-state index is 12.6. The van der Waals surface area contributed by atoms with E-state index in [2.05, 4.69) is 19.0 Å². The van der Waals surface area contributed by atoms with Crippen molar-refractivity contribution in [1.29, 1.82) is 0 Å². The van der Waals surface area contributed by atoms with E-state index in [1.165, 1.54) is 0 Å². The topological polar surface area (TPSA) is 148 Å². The van der Waals surface area contributed by atoms with Crippen LogP contribution in [0, 0.1) is 5.92 Å². The van der Waals surface area contributed by atoms with Crippen molar-refractivity contribution in [3.05, 3.63) is 35.9 Å². The molecule has 2 atom stereocenters. The highest BCUT2D eigenvalue weighted by Crippen LogP contribution is 2.26. The summed E-state index contributed by atoms with van der Waals surface area (Å²) in [5, 5.41) is 14.4. The fraction of sp³-hybridized carbons (Fsp3) is 0.500. The van der Waals surface area contributed by atoms with Crippen LogP contribution < -0.4 is 10.6 Å². The Labute approximate surface area is 168 Å². The summed E-state index contributed by atoms with van der Waals surface area (Å²) in [6, 6.07) is 7.64. The lowest BCUT2D eigenvalue weighted by atomic mass is 10.0. The van der Waals surface area contributed by atoms with Gasteiger partial charge in [-0.3, -0.25) is 9.59 Å². The van der Waals surface area contributed by atoms with Gasteiger partial charge in [-0.05, 0) is 17.9 Å². The molecule has 1 aliphatic heterocycles. The standard InChI is InChI=1S/C18H24N2O8S/c1-12(2)8-9-19-15(21)14(10-13-6-4-3-5-7-13)20-16(22)18(17(23)24)11-27-29(25,26)28-18/h3-7,12,14H,8-11H2,1-2H3,(H,19,21)(H,20,22)(H,23,24)/t14-,18?/m0/s1. The van der Waals surface area contributed by atoms with E-state index in [0.717, 1.165) is 5.56 Å². The first kappa shape index (κ1) is 22.8. The molecular weight excluding hydrogens is 404 g/mol. The smallest absolute Gasteiger partial charge is 0.401 e. The third-order valence-electron chi connectivity index (χ3n) is 4.29. The molecule has 11 heteroatoms. The van der Waals surface area contributed by atoms with Crippen molar-refractivity contribution in [2.24, 2.45) is 5.92 Å². The second kappa shape index (κ2) is 9.33. The first-order valence-corrected chi connectivity index (χ1v) is 10.3. The number of aliphatic carboxylic acids is 1. The van der Waals surface area contributed by atoms with Gasteiger partial charge < -0.3 is 15.7 Å². The first-order valence-electron chi connectivity index (χ1n) is 9.02. The van der Waals surface area contributed by atoms with E-state index in [-0.39, 0.29) is 6.42 Å². The van der Waals surface area contributed by atoms with Crippen LogP contribution in [0.5, 0.6) is 0 Å². The highest BCUT2D eigenvalue weighted by atomic mass is 32.3. The number of hydrogen-bond acceptors (Lipinski definition) is 7. The zero-order valence-corrected chi connectivity index (χ0v) is 16.9. The molecule has 1 fully saturated rings. The maximum Gasteiger partial charge on any atom is 0.401 e. The number of amides is 2. The van der Waals surface area contributed by atoms with Gasteiger partial charge in [0.2, 0.25) is 5.91 Å². The number of carboxylic acids is 1. The summed E-state index contributed by atoms with van der Waals surface area (Å²) < 4.78 is 31.5. The van der Waals surface area contributed by atoms with Crippen LogP contribution in [-0.2, 0) is 39.6 Å². The number of hydrogen-bond donors (Lipinski definition) is 3. The SMILES string of the molecule is CC(C)CCNC(=O)[C@H](Cc1ccccc1)NC(=O)C1(C(=O)O)COS(=O)(=O)O1. The minimum Gasteiger partial charge on any atom is -0.479 e. The van der Waals surface area contributed by atoms with Gasteiger partial charge in [-0.1, -0.05) is 44.2 Å². The van der Waals surface area contributed by atoms with Crippen molar-refractivity contribution in [3.63, 3.8) is 0 Å². The summed E-state index contributed by atoms with van der Waals surface area (Å²) in [6.07, 6.45) is 0.787. The second-order valence-electron chi connectivity index (χ2n) is 7.08. The van der Waals surface area contributed by atoms with E-state index in [1.807, 2.05) is 13.8 Å². The fourth-order valence-electron chi connectivity index (χ4n) is 2.62. The molecule has 2 amide bonds. The van der Waals surface area contributed by atoms with Gasteiger partial charge in [0.1, 0.15) is 12.6 Å². The van der Waals surface area contributed by atoms with Crippen LogP contribution in [0.4, 0.5) is 0 Å². The second-order valence-corrected chi connectivity index (χ2v) is 8.29. The van der Waals surface area contributed by atoms with Gasteiger partial charge >= 0.3 is 16.4 Å². The third kappa shape index (κ3) is 5.99. The number of carboxylic acid groups (broad SMARTS) is 1. The van der Waals surface area contributed by atoms with Crippen LogP contribution in [0.15, 0.2) is 30.3 Å². The van der Waals surface area contributed by atoms with Gasteiger partial charge in [0.25, 0.3) is 11.5 Å². The Hall–Kier alpha value is -2.50. The predicted octanol–water partition coefficient (Wildman–Crippen LogP) is -0.00880. The minimum atomic E-state index is -4.62. The number of carbonyl (C=O) groups is 3. The molecule has 1 saturated heterocycles. The molecule has 10 nitrogen and oxygen atoms in total. The predicted molar refractivity (Wildman–Crippen MR) is 101 cm³/mol. The molecular formula is C18H24N2O8S. The summed E-state index contributed by atoms with van der Waals surface area (Å²) >= 11 is 0. The van der Waals surface area contributed by atoms with E-state index in [1.54, 1.807) is 30.3 Å². The normalized spacial score (nSPS) is 21.5. The molecule has 0 radical (unpaired) electrons. The monoisotopic (exact) mass is 428 g/mol. The summed E-state index contributed by atoms with van der Waals surface area (Å²) in [4.78, 5) is 36.8. The molecule has 1 aromatic carbocycles. The number of nitrogens with one attached hydrogen (secondary N) is 2. The van der Waals surface area contributed by atoms with Crippen molar-refractivity contribution >= 4 is 28.2 Å². The summed E-state index contributed by atoms with van der Waals surface area (Å²) in [7, 11) is -4.62. The molecule has 1 heterocycles. The molecule has 0 spiro atoms. The highest BCUT2D eigenvalue weighted by Gasteiger charge is 2.58. The molecule has 1 aliphatic rings. The summed E-state index contributed by atoms with van der Waals surface area (Å²) in [5.41, 5.74) is -2.07. The van der Waals surface area contributed by atoms with Gasteiger partial charge in [0, 0.05) is 13.0 Å². The van der Waals surface area contributed by atoms with E-state index in [4.69, 9.17) is 0 Å². The van der Waals surface area contributed by atoms with Crippen molar-refractivity contribution in [3.8, 4) is 0 Å². The van der Waals surface area contributed by atoms with E-state index < -0.39 is 46.4 Å². The highest BCUT2D eigenvalue weighted by molar-refractivity contribution is 7.82. The van der Waals surface area contributed by atoms with Gasteiger partial charge in [-0.2, -0.15) is 8.42 Å². The van der Waals surface area contributed by atoms with Gasteiger partial charge in [0.15, 0.2) is 0 Å². The lowest BCUT2D eigenvalue weighted by Gasteiger charge is -2.24. The van der Waals surface area contributed by atoms with Crippen molar-refractivity contribution in [1.82, 2.24) is 10.6 Å². The Balaban J connectivity index is 2.20. The molecule has 0 aliphatic carbocycles. The minimum absolute atomic E-state index is 0.0728. The number of carbonyl (C=O) groups excluding carboxylic acids is 2. The molecule has 2 rings (SSSR count). The van der Waals surface area contributed by atoms with Crippen LogP contribution in [0.25, 0.3) is 0 Å². The molecule has 3 N–H and O–H groups in total. The molecule has 1 aromatic rings. The Morgan fingerprint density at radius 1 is 1.21 bits per heavy atom. The lowest BCUT2D eigenvalue weighted by molar-refractivity contribution is -0.162. The largest absolute Gasteiger partial charge is 0.479 e. The molecule has 29 heavy (non-hydrogen) atoms. The molecule has 160 valence electrons. The third-order valence-corrected chi connectivity index (χ3v) is 5.18. The van der Waals surface area contributed by atoms with Crippen LogP contribution in [0.3, 0.4) is 0 Å². The Morgan fingerprint density at radius 2 is 1.86 bits per heavy atom. The van der Waals surface area contributed by atoms with Gasteiger partial charge in [-0.15, -0.1) is 0 Å². The van der Waals surface area contributed by atoms with Crippen LogP contribution in [-0.4, -0.2) is 56.1 Å².